The number of allylic oxidation sites excluding steroid dienone is 12. The van der Waals surface area contributed by atoms with E-state index in [9.17, 15) is 0 Å². The molecular weight excluding hydrogens is 747 g/mol. The number of benzene rings is 4. The first-order valence-electron chi connectivity index (χ1n) is 22.0. The van der Waals surface area contributed by atoms with Crippen molar-refractivity contribution in [1.29, 1.82) is 0 Å². The summed E-state index contributed by atoms with van der Waals surface area (Å²) in [5.41, 5.74) is 14.0. The van der Waals surface area contributed by atoms with Gasteiger partial charge in [0.05, 0.1) is 22.2 Å². The molecule has 7 aliphatic rings. The molecule has 4 aromatic carbocycles. The Kier molecular flexibility index (Phi) is 8.78. The van der Waals surface area contributed by atoms with Crippen LogP contribution in [0.4, 0.5) is 5.69 Å². The van der Waals surface area contributed by atoms with E-state index in [4.69, 9.17) is 19.1 Å². The van der Waals surface area contributed by atoms with Crippen molar-refractivity contribution in [3.05, 3.63) is 203 Å². The largest absolute Gasteiger partial charge is 0.456 e. The number of nitrogens with one attached hydrogen (secondary N) is 1. The van der Waals surface area contributed by atoms with Crippen molar-refractivity contribution in [1.82, 2.24) is 9.98 Å². The molecule has 0 spiro atoms. The lowest BCUT2D eigenvalue weighted by Crippen LogP contribution is -2.43. The fourth-order valence-corrected chi connectivity index (χ4v) is 10.4. The second-order valence-electron chi connectivity index (χ2n) is 17.0. The molecule has 296 valence electrons. The molecule has 0 saturated carbocycles. The summed E-state index contributed by atoms with van der Waals surface area (Å²) >= 11 is 0. The minimum atomic E-state index is -0.198. The summed E-state index contributed by atoms with van der Waals surface area (Å²) in [6, 6.07) is 30.6. The summed E-state index contributed by atoms with van der Waals surface area (Å²) in [5, 5.41) is 6.03. The maximum absolute atomic E-state index is 6.87. The quantitative estimate of drug-likeness (QED) is 0.132. The van der Waals surface area contributed by atoms with E-state index in [0.29, 0.717) is 17.8 Å². The van der Waals surface area contributed by atoms with Crippen LogP contribution in [0.15, 0.2) is 190 Å². The van der Waals surface area contributed by atoms with Gasteiger partial charge in [0, 0.05) is 40.6 Å². The summed E-state index contributed by atoms with van der Waals surface area (Å²) in [4.78, 5) is 13.3. The summed E-state index contributed by atoms with van der Waals surface area (Å²) in [6.07, 6.45) is 36.7. The highest BCUT2D eigenvalue weighted by molar-refractivity contribution is 6.38. The predicted molar refractivity (Wildman–Crippen MR) is 253 cm³/mol. The first-order chi connectivity index (χ1) is 30.2. The minimum Gasteiger partial charge on any atom is -0.456 e. The van der Waals surface area contributed by atoms with Crippen molar-refractivity contribution in [2.45, 2.75) is 63.1 Å². The zero-order valence-electron chi connectivity index (χ0n) is 34.0. The molecule has 0 bridgehead atoms. The van der Waals surface area contributed by atoms with E-state index in [-0.39, 0.29) is 12.1 Å². The van der Waals surface area contributed by atoms with Crippen LogP contribution < -0.4 is 14.9 Å². The Labute approximate surface area is 356 Å². The van der Waals surface area contributed by atoms with Gasteiger partial charge in [-0.3, -0.25) is 0 Å². The molecule has 6 nitrogen and oxygen atoms in total. The van der Waals surface area contributed by atoms with Gasteiger partial charge >= 0.3 is 11.4 Å². The summed E-state index contributed by atoms with van der Waals surface area (Å²) < 4.78 is 12.4. The van der Waals surface area contributed by atoms with Crippen molar-refractivity contribution in [2.75, 3.05) is 4.90 Å². The lowest BCUT2D eigenvalue weighted by molar-refractivity contribution is 0.475. The molecular formula is C55H46N5O+. The highest BCUT2D eigenvalue weighted by Gasteiger charge is 2.42. The van der Waals surface area contributed by atoms with Crippen molar-refractivity contribution in [3.63, 3.8) is 0 Å². The number of furan rings is 1. The Morgan fingerprint density at radius 3 is 2.41 bits per heavy atom. The topological polar surface area (TPSA) is 67.2 Å². The van der Waals surface area contributed by atoms with E-state index >= 15 is 0 Å². The molecule has 0 saturated heterocycles. The van der Waals surface area contributed by atoms with Crippen molar-refractivity contribution in [2.24, 2.45) is 15.9 Å². The van der Waals surface area contributed by atoms with Gasteiger partial charge in [0.15, 0.2) is 5.84 Å². The van der Waals surface area contributed by atoms with E-state index < -0.39 is 0 Å². The molecule has 1 N–H and O–H groups in total. The van der Waals surface area contributed by atoms with Gasteiger partial charge in [-0.05, 0) is 98.1 Å². The van der Waals surface area contributed by atoms with E-state index in [1.54, 1.807) is 0 Å². The van der Waals surface area contributed by atoms with Crippen LogP contribution in [0.5, 0.6) is 0 Å². The molecule has 5 aromatic rings. The van der Waals surface area contributed by atoms with Crippen LogP contribution in [-0.4, -0.2) is 35.3 Å². The normalized spacial score (nSPS) is 23.8. The molecule has 0 radical (unpaired) electrons. The van der Waals surface area contributed by atoms with Gasteiger partial charge in [0.25, 0.3) is 0 Å². The standard InChI is InChI=1S/C55H46N5O/c1-5-17-35(18-6-1)40-25-13-14-26-41(40)46-34-45(55-58-53(36-19-7-2-8-20-36)57-54(59-55)37-21-9-3-10-22-37)51(56-46)38-29-30-44-49(33-38)61-48-32-31-43-42-27-15-16-28-47(42)60(52(43)50(44)48)39-23-11-4-12-24-39/h2-3,5,7-11,13-21,23-26,29-34,37,42,47,54H,1,4,6,12,22,27-28H2,(H,57,58,59)/q+1. The Hall–Kier alpha value is -7.01. The molecule has 12 rings (SSSR count). The van der Waals surface area contributed by atoms with Crippen LogP contribution in [0.2, 0.25) is 0 Å². The van der Waals surface area contributed by atoms with E-state index in [1.165, 1.54) is 33.5 Å². The van der Waals surface area contributed by atoms with Crippen LogP contribution in [0, 0.1) is 5.92 Å². The molecule has 4 aliphatic carbocycles. The zero-order chi connectivity index (χ0) is 40.3. The fraction of sp³-hybridized carbons (Fsp3) is 0.200. The van der Waals surface area contributed by atoms with E-state index in [1.807, 2.05) is 6.07 Å². The van der Waals surface area contributed by atoms with E-state index in [2.05, 4.69) is 168 Å². The van der Waals surface area contributed by atoms with Gasteiger partial charge in [-0.15, -0.1) is 0 Å². The Morgan fingerprint density at radius 2 is 1.57 bits per heavy atom. The Bertz CT molecular complexity index is 3040. The van der Waals surface area contributed by atoms with Crippen LogP contribution >= 0.6 is 0 Å². The van der Waals surface area contributed by atoms with Crippen LogP contribution in [0.25, 0.3) is 27.5 Å². The number of rotatable bonds is 7. The van der Waals surface area contributed by atoms with Crippen LogP contribution in [0.3, 0.4) is 0 Å². The lowest BCUT2D eigenvalue weighted by atomic mass is 9.86. The molecule has 3 aliphatic heterocycles. The number of aliphatic imine (C=N–C) groups is 2. The monoisotopic (exact) mass is 792 g/mol. The molecule has 4 unspecified atom stereocenters. The predicted octanol–water partition coefficient (Wildman–Crippen LogP) is 11.4. The van der Waals surface area contributed by atoms with Crippen LogP contribution in [-0.2, 0) is 0 Å². The SMILES string of the molecule is C1=CCC(C2N=C(C3=CC(c4ccccc4C4=CCCC=C4)=[N+]=C3c3ccc4c(c3)oc3ccc5c(c34)N(C3=CCCC=C3)C3CC=CCC53)N=C(c3ccccc3)N2)C=C1. The smallest absolute Gasteiger partial charge is 0.346 e. The fourth-order valence-electron chi connectivity index (χ4n) is 10.4. The van der Waals surface area contributed by atoms with Crippen molar-refractivity contribution in [3.8, 4) is 0 Å². The van der Waals surface area contributed by atoms with Gasteiger partial charge in [0.2, 0.25) is 0 Å². The second-order valence-corrected chi connectivity index (χ2v) is 17.0. The maximum Gasteiger partial charge on any atom is 0.346 e. The second kappa shape index (κ2) is 14.9. The van der Waals surface area contributed by atoms with Crippen LogP contribution in [0.1, 0.15) is 78.7 Å². The third-order valence-electron chi connectivity index (χ3n) is 13.3. The first kappa shape index (κ1) is 35.9. The third-order valence-corrected chi connectivity index (χ3v) is 13.3. The average Bonchev–Trinajstić information content (AvgIpc) is 4.05. The molecule has 0 fully saturated rings. The number of amidine groups is 2. The summed E-state index contributed by atoms with van der Waals surface area (Å²) in [5.74, 6) is 2.13. The number of nitrogens with zero attached hydrogens (tertiary/aromatic N) is 4. The highest BCUT2D eigenvalue weighted by atomic mass is 16.3. The highest BCUT2D eigenvalue weighted by Crippen LogP contribution is 2.53. The molecule has 4 heterocycles. The number of fused-ring (bicyclic) bond motifs is 7. The first-order valence-corrected chi connectivity index (χ1v) is 22.0. The van der Waals surface area contributed by atoms with E-state index in [0.717, 1.165) is 101 Å². The average molecular weight is 793 g/mol. The molecule has 1 aromatic heterocycles. The number of hydrogen-bond donors (Lipinski definition) is 1. The molecule has 6 heteroatoms. The third kappa shape index (κ3) is 6.21. The van der Waals surface area contributed by atoms with Gasteiger partial charge in [-0.1, -0.05) is 126 Å². The number of anilines is 1. The summed E-state index contributed by atoms with van der Waals surface area (Å²) in [6.45, 7) is 0. The van der Waals surface area contributed by atoms with Gasteiger partial charge < -0.3 is 14.6 Å². The van der Waals surface area contributed by atoms with Gasteiger partial charge in [0.1, 0.15) is 28.7 Å². The molecule has 61 heavy (non-hydrogen) atoms. The summed E-state index contributed by atoms with van der Waals surface area (Å²) in [7, 11) is 0. The molecule has 0 amide bonds. The van der Waals surface area contributed by atoms with Gasteiger partial charge in [-0.2, -0.15) is 0 Å². The lowest BCUT2D eigenvalue weighted by Gasteiger charge is -2.33. The zero-order valence-corrected chi connectivity index (χ0v) is 34.0. The number of hydrogen-bond acceptors (Lipinski definition) is 5. The van der Waals surface area contributed by atoms with Gasteiger partial charge in [-0.25, -0.2) is 9.98 Å². The van der Waals surface area contributed by atoms with Crippen molar-refractivity contribution < 1.29 is 4.42 Å². The Balaban J connectivity index is 1.03. The van der Waals surface area contributed by atoms with Crippen molar-refractivity contribution >= 4 is 56.3 Å². The maximum atomic E-state index is 6.87. The molecule has 4 atom stereocenters. The minimum absolute atomic E-state index is 0.179. The Morgan fingerprint density at radius 1 is 0.721 bits per heavy atom.